The summed E-state index contributed by atoms with van der Waals surface area (Å²) in [6.45, 7) is 3.49. The number of hydrogen-bond acceptors (Lipinski definition) is 4. The fraction of sp³-hybridized carbons (Fsp3) is 0.375. The van der Waals surface area contributed by atoms with Crippen LogP contribution >= 0.6 is 0 Å². The number of aryl methyl sites for hydroxylation is 1. The lowest BCUT2D eigenvalue weighted by molar-refractivity contribution is -0.134. The van der Waals surface area contributed by atoms with Crippen LogP contribution in [-0.2, 0) is 22.5 Å². The van der Waals surface area contributed by atoms with Crippen molar-refractivity contribution >= 4 is 23.1 Å². The number of fused-ring (bicyclic) bond motifs is 1. The third-order valence-electron chi connectivity index (χ3n) is 3.29. The minimum absolute atomic E-state index is 0.365. The Hall–Kier alpha value is -2.14. The van der Waals surface area contributed by atoms with Gasteiger partial charge in [-0.3, -0.25) is 0 Å². The third-order valence-corrected chi connectivity index (χ3v) is 3.29. The number of imidazole rings is 1. The summed E-state index contributed by atoms with van der Waals surface area (Å²) in [6.07, 6.45) is 5.11. The van der Waals surface area contributed by atoms with E-state index in [9.17, 15) is 4.79 Å². The summed E-state index contributed by atoms with van der Waals surface area (Å²) >= 11 is 0. The molecule has 0 bridgehead atoms. The maximum absolute atomic E-state index is 11.1. The number of carbonyl (C=O) groups is 1. The highest BCUT2D eigenvalue weighted by atomic mass is 16.5. The van der Waals surface area contributed by atoms with Crippen molar-refractivity contribution in [3.05, 3.63) is 35.7 Å². The van der Waals surface area contributed by atoms with Crippen LogP contribution in [0.3, 0.4) is 0 Å². The molecule has 0 fully saturated rings. The Kier molecular flexibility index (Phi) is 5.11. The van der Waals surface area contributed by atoms with Crippen LogP contribution in [0.15, 0.2) is 24.3 Å². The molecule has 0 amide bonds. The van der Waals surface area contributed by atoms with Crippen LogP contribution < -0.4 is 5.73 Å². The summed E-state index contributed by atoms with van der Waals surface area (Å²) in [7, 11) is 1.36. The van der Waals surface area contributed by atoms with Crippen LogP contribution in [0.4, 0.5) is 0 Å². The van der Waals surface area contributed by atoms with E-state index in [1.54, 1.807) is 6.08 Å². The first-order valence-electron chi connectivity index (χ1n) is 7.14. The van der Waals surface area contributed by atoms with Crippen LogP contribution in [0.2, 0.25) is 0 Å². The molecule has 0 radical (unpaired) electrons. The van der Waals surface area contributed by atoms with Crippen molar-refractivity contribution in [1.82, 2.24) is 9.55 Å². The van der Waals surface area contributed by atoms with Gasteiger partial charge in [0.25, 0.3) is 0 Å². The first kappa shape index (κ1) is 15.3. The Balaban J connectivity index is 2.39. The lowest BCUT2D eigenvalue weighted by Crippen LogP contribution is -2.12. The molecule has 0 spiro atoms. The van der Waals surface area contributed by atoms with Crippen LogP contribution in [0.5, 0.6) is 0 Å². The second kappa shape index (κ2) is 7.04. The lowest BCUT2D eigenvalue weighted by Gasteiger charge is -2.06. The maximum Gasteiger partial charge on any atom is 0.330 e. The predicted molar refractivity (Wildman–Crippen MR) is 83.8 cm³/mol. The fourth-order valence-corrected chi connectivity index (χ4v) is 2.33. The molecule has 0 aliphatic rings. The third kappa shape index (κ3) is 3.49. The van der Waals surface area contributed by atoms with E-state index in [0.717, 1.165) is 41.8 Å². The van der Waals surface area contributed by atoms with Gasteiger partial charge in [0.05, 0.1) is 18.1 Å². The lowest BCUT2D eigenvalue weighted by atomic mass is 10.2. The van der Waals surface area contributed by atoms with Crippen LogP contribution in [0, 0.1) is 0 Å². The molecule has 5 nitrogen and oxygen atoms in total. The van der Waals surface area contributed by atoms with Gasteiger partial charge in [-0.2, -0.15) is 0 Å². The molecule has 1 aromatic heterocycles. The zero-order valence-corrected chi connectivity index (χ0v) is 12.5. The molecule has 0 aliphatic carbocycles. The van der Waals surface area contributed by atoms with Gasteiger partial charge >= 0.3 is 5.97 Å². The Labute approximate surface area is 124 Å². The van der Waals surface area contributed by atoms with Gasteiger partial charge in [0.2, 0.25) is 0 Å². The number of ether oxygens (including phenoxy) is 1. The predicted octanol–water partition coefficient (Wildman–Crippen LogP) is 2.13. The quantitative estimate of drug-likeness (QED) is 0.652. The summed E-state index contributed by atoms with van der Waals surface area (Å²) in [5, 5.41) is 0. The van der Waals surface area contributed by atoms with Crippen molar-refractivity contribution < 1.29 is 9.53 Å². The van der Waals surface area contributed by atoms with Crippen molar-refractivity contribution in [2.24, 2.45) is 5.73 Å². The second-order valence-electron chi connectivity index (χ2n) is 4.82. The number of hydrogen-bond donors (Lipinski definition) is 1. The Morgan fingerprint density at radius 2 is 2.29 bits per heavy atom. The van der Waals surface area contributed by atoms with Gasteiger partial charge in [-0.05, 0) is 30.2 Å². The first-order valence-corrected chi connectivity index (χ1v) is 7.14. The van der Waals surface area contributed by atoms with E-state index < -0.39 is 0 Å². The van der Waals surface area contributed by atoms with Gasteiger partial charge in [0, 0.05) is 25.6 Å². The van der Waals surface area contributed by atoms with E-state index in [1.807, 2.05) is 18.2 Å². The maximum atomic E-state index is 11.1. The molecule has 5 heteroatoms. The molecule has 21 heavy (non-hydrogen) atoms. The van der Waals surface area contributed by atoms with E-state index in [0.29, 0.717) is 6.54 Å². The van der Waals surface area contributed by atoms with E-state index in [2.05, 4.69) is 21.2 Å². The average Bonchev–Trinajstić information content (AvgIpc) is 2.83. The molecule has 2 N–H and O–H groups in total. The fourth-order valence-electron chi connectivity index (χ4n) is 2.33. The summed E-state index contributed by atoms with van der Waals surface area (Å²) in [5.41, 5.74) is 8.63. The van der Waals surface area contributed by atoms with Crippen LogP contribution in [0.1, 0.15) is 24.7 Å². The highest BCUT2D eigenvalue weighted by Gasteiger charge is 2.09. The number of methoxy groups -OCH3 is 1. The van der Waals surface area contributed by atoms with E-state index in [1.165, 1.54) is 13.2 Å². The van der Waals surface area contributed by atoms with Gasteiger partial charge < -0.3 is 15.0 Å². The van der Waals surface area contributed by atoms with Gasteiger partial charge in [0.1, 0.15) is 5.82 Å². The summed E-state index contributed by atoms with van der Waals surface area (Å²) in [4.78, 5) is 15.8. The molecule has 2 aromatic rings. The Morgan fingerprint density at radius 1 is 1.48 bits per heavy atom. The first-order chi connectivity index (χ1) is 10.2. The number of nitrogens with two attached hydrogens (primary N) is 1. The number of aromatic nitrogens is 2. The summed E-state index contributed by atoms with van der Waals surface area (Å²) in [6, 6.07) is 5.96. The minimum atomic E-state index is -0.365. The van der Waals surface area contributed by atoms with Gasteiger partial charge in [0.15, 0.2) is 0 Å². The molecular formula is C16H21N3O2. The van der Waals surface area contributed by atoms with E-state index in [4.69, 9.17) is 5.73 Å². The zero-order chi connectivity index (χ0) is 15.2. The normalized spacial score (nSPS) is 11.4. The van der Waals surface area contributed by atoms with Gasteiger partial charge in [-0.15, -0.1) is 0 Å². The van der Waals surface area contributed by atoms with Crippen molar-refractivity contribution in [3.63, 3.8) is 0 Å². The molecule has 2 rings (SSSR count). The molecule has 0 atom stereocenters. The molecule has 1 heterocycles. The van der Waals surface area contributed by atoms with Crippen LogP contribution in [-0.4, -0.2) is 29.2 Å². The number of nitrogens with zero attached hydrogens (tertiary/aromatic N) is 2. The number of carbonyl (C=O) groups excluding carboxylic acids is 1. The molecule has 112 valence electrons. The standard InChI is InChI=1S/C16H21N3O2/c1-3-4-15-18-13-11-12(6-8-16(20)21-2)5-7-14(13)19(15)10-9-17/h5-8,11H,3-4,9-10,17H2,1-2H3. The van der Waals surface area contributed by atoms with Gasteiger partial charge in [-0.25, -0.2) is 9.78 Å². The summed E-state index contributed by atoms with van der Waals surface area (Å²) < 4.78 is 6.76. The van der Waals surface area contributed by atoms with Crippen molar-refractivity contribution in [2.45, 2.75) is 26.3 Å². The van der Waals surface area contributed by atoms with E-state index in [-0.39, 0.29) is 5.97 Å². The largest absolute Gasteiger partial charge is 0.466 e. The van der Waals surface area contributed by atoms with Crippen molar-refractivity contribution in [2.75, 3.05) is 13.7 Å². The molecule has 1 aromatic carbocycles. The highest BCUT2D eigenvalue weighted by molar-refractivity contribution is 5.88. The van der Waals surface area contributed by atoms with Crippen LogP contribution in [0.25, 0.3) is 17.1 Å². The molecule has 0 saturated carbocycles. The van der Waals surface area contributed by atoms with Crippen molar-refractivity contribution in [1.29, 1.82) is 0 Å². The van der Waals surface area contributed by atoms with Gasteiger partial charge in [-0.1, -0.05) is 13.0 Å². The smallest absolute Gasteiger partial charge is 0.330 e. The topological polar surface area (TPSA) is 70.1 Å². The minimum Gasteiger partial charge on any atom is -0.466 e. The number of benzene rings is 1. The zero-order valence-electron chi connectivity index (χ0n) is 12.5. The van der Waals surface area contributed by atoms with Crippen molar-refractivity contribution in [3.8, 4) is 0 Å². The number of rotatable bonds is 6. The number of esters is 1. The molecule has 0 unspecified atom stereocenters. The van der Waals surface area contributed by atoms with E-state index >= 15 is 0 Å². The summed E-state index contributed by atoms with van der Waals surface area (Å²) in [5.74, 6) is 0.697. The monoisotopic (exact) mass is 287 g/mol. The Morgan fingerprint density at radius 3 is 2.95 bits per heavy atom. The Bertz CT molecular complexity index is 659. The molecule has 0 saturated heterocycles. The average molecular weight is 287 g/mol. The second-order valence-corrected chi connectivity index (χ2v) is 4.82. The molecular weight excluding hydrogens is 266 g/mol. The SMILES string of the molecule is CCCc1nc2cc(C=CC(=O)OC)ccc2n1CCN. The molecule has 0 aliphatic heterocycles. The highest BCUT2D eigenvalue weighted by Crippen LogP contribution is 2.19.